The summed E-state index contributed by atoms with van der Waals surface area (Å²) in [4.78, 5) is 16.3. The fourth-order valence-corrected chi connectivity index (χ4v) is 2.87. The lowest BCUT2D eigenvalue weighted by Crippen LogP contribution is -2.20. The Balaban J connectivity index is 1.61. The number of aromatic nitrogens is 2. The van der Waals surface area contributed by atoms with E-state index in [4.69, 9.17) is 0 Å². The first kappa shape index (κ1) is 16.7. The number of carbonyl (C=O) groups is 1. The normalized spacial score (nSPS) is 10.7. The maximum absolute atomic E-state index is 13.7. The van der Waals surface area contributed by atoms with Crippen molar-refractivity contribution < 1.29 is 13.6 Å². The number of fused-ring (bicyclic) bond motifs is 1. The van der Waals surface area contributed by atoms with Crippen LogP contribution < -0.4 is 10.6 Å². The second kappa shape index (κ2) is 6.87. The molecule has 4 aromatic rings. The molecule has 0 aliphatic rings. The highest BCUT2D eigenvalue weighted by atomic mass is 19.1. The molecular formula is C20H14F2N4O. The number of anilines is 2. The van der Waals surface area contributed by atoms with Crippen LogP contribution in [-0.2, 0) is 0 Å². The monoisotopic (exact) mass is 364 g/mol. The molecule has 0 aliphatic carbocycles. The minimum absolute atomic E-state index is 0.101. The lowest BCUT2D eigenvalue weighted by atomic mass is 10.2. The van der Waals surface area contributed by atoms with Crippen LogP contribution in [0, 0.1) is 11.6 Å². The largest absolute Gasteiger partial charge is 0.323 e. The summed E-state index contributed by atoms with van der Waals surface area (Å²) in [6, 6.07) is 13.5. The van der Waals surface area contributed by atoms with Crippen LogP contribution in [0.1, 0.15) is 0 Å². The zero-order valence-electron chi connectivity index (χ0n) is 14.0. The van der Waals surface area contributed by atoms with Gasteiger partial charge in [-0.25, -0.2) is 13.6 Å². The number of urea groups is 1. The summed E-state index contributed by atoms with van der Waals surface area (Å²) < 4.78 is 28.6. The molecule has 0 saturated heterocycles. The van der Waals surface area contributed by atoms with Gasteiger partial charge < -0.3 is 15.2 Å². The van der Waals surface area contributed by atoms with Crippen molar-refractivity contribution in [2.75, 3.05) is 10.6 Å². The molecule has 27 heavy (non-hydrogen) atoms. The average molecular weight is 364 g/mol. The molecule has 5 nitrogen and oxygen atoms in total. The summed E-state index contributed by atoms with van der Waals surface area (Å²) in [6.45, 7) is 0. The van der Waals surface area contributed by atoms with E-state index >= 15 is 0 Å². The Morgan fingerprint density at radius 2 is 1.70 bits per heavy atom. The third-order valence-corrected chi connectivity index (χ3v) is 4.10. The fourth-order valence-electron chi connectivity index (χ4n) is 2.87. The Kier molecular flexibility index (Phi) is 4.25. The van der Waals surface area contributed by atoms with Crippen LogP contribution in [0.5, 0.6) is 0 Å². The number of halogens is 2. The summed E-state index contributed by atoms with van der Waals surface area (Å²) in [5.41, 5.74) is 2.30. The molecule has 7 heteroatoms. The smallest absolute Gasteiger partial charge is 0.316 e. The topological polar surface area (TPSA) is 59.0 Å². The van der Waals surface area contributed by atoms with Crippen molar-refractivity contribution in [3.05, 3.63) is 84.8 Å². The number of benzene rings is 2. The quantitative estimate of drug-likeness (QED) is 0.540. The van der Waals surface area contributed by atoms with Gasteiger partial charge in [0.25, 0.3) is 0 Å². The van der Waals surface area contributed by atoms with Crippen molar-refractivity contribution in [3.63, 3.8) is 0 Å². The first-order chi connectivity index (χ1) is 13.1. The van der Waals surface area contributed by atoms with Crippen molar-refractivity contribution in [2.45, 2.75) is 0 Å². The molecule has 2 aromatic carbocycles. The predicted molar refractivity (Wildman–Crippen MR) is 100 cm³/mol. The van der Waals surface area contributed by atoms with E-state index in [-0.39, 0.29) is 5.69 Å². The molecule has 2 heterocycles. The summed E-state index contributed by atoms with van der Waals surface area (Å²) in [7, 11) is 0. The van der Waals surface area contributed by atoms with Crippen LogP contribution in [0.2, 0.25) is 0 Å². The van der Waals surface area contributed by atoms with Crippen molar-refractivity contribution in [2.24, 2.45) is 0 Å². The number of nitrogens with one attached hydrogen (secondary N) is 2. The van der Waals surface area contributed by atoms with E-state index in [0.717, 1.165) is 22.7 Å². The molecule has 0 radical (unpaired) electrons. The molecule has 2 N–H and O–H groups in total. The molecule has 0 unspecified atom stereocenters. The number of amides is 2. The molecule has 0 bridgehead atoms. The number of rotatable bonds is 3. The second-order valence-corrected chi connectivity index (χ2v) is 5.83. The molecule has 4 rings (SSSR count). The summed E-state index contributed by atoms with van der Waals surface area (Å²) in [5.74, 6) is -1.55. The van der Waals surface area contributed by atoms with Crippen LogP contribution >= 0.6 is 0 Å². The number of carbonyl (C=O) groups excluding carboxylic acids is 1. The molecule has 0 aliphatic heterocycles. The lowest BCUT2D eigenvalue weighted by molar-refractivity contribution is 0.262. The van der Waals surface area contributed by atoms with Gasteiger partial charge in [0.05, 0.1) is 16.9 Å². The Morgan fingerprint density at radius 3 is 2.48 bits per heavy atom. The highest BCUT2D eigenvalue weighted by Gasteiger charge is 2.11. The zero-order chi connectivity index (χ0) is 18.8. The Hall–Kier alpha value is -3.74. The molecule has 0 atom stereocenters. The van der Waals surface area contributed by atoms with E-state index in [2.05, 4.69) is 15.6 Å². The third-order valence-electron chi connectivity index (χ3n) is 4.10. The minimum Gasteiger partial charge on any atom is -0.316 e. The van der Waals surface area contributed by atoms with Gasteiger partial charge in [0.2, 0.25) is 0 Å². The van der Waals surface area contributed by atoms with E-state index < -0.39 is 17.7 Å². The van der Waals surface area contributed by atoms with Gasteiger partial charge >= 0.3 is 6.03 Å². The predicted octanol–water partition coefficient (Wildman–Crippen LogP) is 4.95. The van der Waals surface area contributed by atoms with Gasteiger partial charge in [0.1, 0.15) is 11.6 Å². The van der Waals surface area contributed by atoms with Crippen molar-refractivity contribution in [1.29, 1.82) is 0 Å². The highest BCUT2D eigenvalue weighted by Crippen LogP contribution is 2.27. The van der Waals surface area contributed by atoms with E-state index in [1.807, 2.05) is 41.1 Å². The van der Waals surface area contributed by atoms with Crippen molar-refractivity contribution in [1.82, 2.24) is 9.55 Å². The molecule has 0 saturated carbocycles. The summed E-state index contributed by atoms with van der Waals surface area (Å²) in [5, 5.41) is 5.91. The number of hydrogen-bond donors (Lipinski definition) is 2. The standard InChI is InChI=1S/C20H14F2N4O/c21-13-4-5-18(16(22)12-13)25-20(27)24-17-2-1-3-19-15(17)8-11-26(19)14-6-9-23-10-7-14/h1-12H,(H2,24,25,27). The highest BCUT2D eigenvalue weighted by molar-refractivity contribution is 6.06. The van der Waals surface area contributed by atoms with E-state index in [0.29, 0.717) is 11.8 Å². The number of hydrogen-bond acceptors (Lipinski definition) is 2. The Bertz CT molecular complexity index is 1130. The molecule has 2 aromatic heterocycles. The van der Waals surface area contributed by atoms with Gasteiger partial charge in [0.15, 0.2) is 0 Å². The fraction of sp³-hybridized carbons (Fsp3) is 0. The third kappa shape index (κ3) is 3.35. The van der Waals surface area contributed by atoms with Crippen LogP contribution in [-0.4, -0.2) is 15.6 Å². The Morgan fingerprint density at radius 1 is 0.926 bits per heavy atom. The van der Waals surface area contributed by atoms with Crippen LogP contribution in [0.15, 0.2) is 73.2 Å². The van der Waals surface area contributed by atoms with Crippen LogP contribution in [0.25, 0.3) is 16.6 Å². The first-order valence-corrected chi connectivity index (χ1v) is 8.15. The van der Waals surface area contributed by atoms with Gasteiger partial charge in [-0.05, 0) is 42.5 Å². The summed E-state index contributed by atoms with van der Waals surface area (Å²) >= 11 is 0. The van der Waals surface area contributed by atoms with Crippen LogP contribution in [0.4, 0.5) is 25.0 Å². The minimum atomic E-state index is -0.841. The van der Waals surface area contributed by atoms with E-state index in [1.165, 1.54) is 6.07 Å². The summed E-state index contributed by atoms with van der Waals surface area (Å²) in [6.07, 6.45) is 5.30. The van der Waals surface area contributed by atoms with Gasteiger partial charge in [-0.2, -0.15) is 0 Å². The number of pyridine rings is 1. The van der Waals surface area contributed by atoms with Crippen molar-refractivity contribution in [3.8, 4) is 5.69 Å². The maximum atomic E-state index is 13.7. The van der Waals surface area contributed by atoms with Gasteiger partial charge in [-0.1, -0.05) is 6.07 Å². The van der Waals surface area contributed by atoms with Crippen molar-refractivity contribution >= 4 is 28.3 Å². The SMILES string of the molecule is O=C(Nc1ccc(F)cc1F)Nc1cccc2c1ccn2-c1ccncc1. The lowest BCUT2D eigenvalue weighted by Gasteiger charge is -2.10. The molecule has 0 fully saturated rings. The van der Waals surface area contributed by atoms with Gasteiger partial charge in [0, 0.05) is 35.7 Å². The zero-order valence-corrected chi connectivity index (χ0v) is 14.0. The maximum Gasteiger partial charge on any atom is 0.323 e. The van der Waals surface area contributed by atoms with Gasteiger partial charge in [-0.3, -0.25) is 4.98 Å². The van der Waals surface area contributed by atoms with Crippen LogP contribution in [0.3, 0.4) is 0 Å². The first-order valence-electron chi connectivity index (χ1n) is 8.15. The molecule has 0 spiro atoms. The molecule has 2 amide bonds. The Labute approximate surface area is 153 Å². The molecule has 134 valence electrons. The number of nitrogens with zero attached hydrogens (tertiary/aromatic N) is 2. The average Bonchev–Trinajstić information content (AvgIpc) is 3.10. The van der Waals surface area contributed by atoms with Gasteiger partial charge in [-0.15, -0.1) is 0 Å². The van der Waals surface area contributed by atoms with E-state index in [9.17, 15) is 13.6 Å². The second-order valence-electron chi connectivity index (χ2n) is 5.83. The molecular weight excluding hydrogens is 350 g/mol. The van der Waals surface area contributed by atoms with E-state index in [1.54, 1.807) is 18.5 Å².